The van der Waals surface area contributed by atoms with Crippen LogP contribution in [-0.2, 0) is 17.6 Å². The van der Waals surface area contributed by atoms with Crippen molar-refractivity contribution in [1.82, 2.24) is 10.2 Å². The van der Waals surface area contributed by atoms with Crippen LogP contribution in [0, 0.1) is 0 Å². The maximum absolute atomic E-state index is 13.9. The van der Waals surface area contributed by atoms with Gasteiger partial charge in [0, 0.05) is 12.0 Å². The van der Waals surface area contributed by atoms with Crippen molar-refractivity contribution < 1.29 is 23.7 Å². The Morgan fingerprint density at radius 1 is 0.756 bits per heavy atom. The summed E-state index contributed by atoms with van der Waals surface area (Å²) in [5, 5.41) is 3.42. The maximum Gasteiger partial charge on any atom is 0.234 e. The topological polar surface area (TPSA) is 69.3 Å². The molecule has 7 nitrogen and oxygen atoms in total. The molecule has 2 aliphatic rings. The first-order valence-corrected chi connectivity index (χ1v) is 15.7. The van der Waals surface area contributed by atoms with Crippen LogP contribution < -0.4 is 24.3 Å². The highest BCUT2D eigenvalue weighted by molar-refractivity contribution is 5.79. The molecule has 1 aliphatic carbocycles. The Hall–Kier alpha value is -4.49. The van der Waals surface area contributed by atoms with Gasteiger partial charge in [0.05, 0.1) is 41.0 Å². The Morgan fingerprint density at radius 2 is 1.42 bits per heavy atom. The first kappa shape index (κ1) is 30.5. The zero-order valence-corrected chi connectivity index (χ0v) is 26.5. The zero-order valence-electron chi connectivity index (χ0n) is 26.5. The fraction of sp³-hybridized carbons (Fsp3) is 0.342. The van der Waals surface area contributed by atoms with E-state index in [2.05, 4.69) is 76.9 Å². The highest BCUT2D eigenvalue weighted by Gasteiger charge is 2.34. The number of carbonyl (C=O) groups excluding carboxylic acids is 1. The number of fused-ring (bicyclic) bond motifs is 2. The summed E-state index contributed by atoms with van der Waals surface area (Å²) in [7, 11) is 6.63. The van der Waals surface area contributed by atoms with Crippen molar-refractivity contribution in [2.45, 2.75) is 43.7 Å². The van der Waals surface area contributed by atoms with Gasteiger partial charge in [0.2, 0.25) is 5.91 Å². The Kier molecular flexibility index (Phi) is 9.26. The fourth-order valence-electron chi connectivity index (χ4n) is 7.15. The molecule has 0 aromatic heterocycles. The van der Waals surface area contributed by atoms with Crippen LogP contribution in [0.2, 0.25) is 0 Å². The smallest absolute Gasteiger partial charge is 0.234 e. The van der Waals surface area contributed by atoms with Crippen LogP contribution >= 0.6 is 0 Å². The average molecular weight is 607 g/mol. The number of nitrogens with zero attached hydrogens (tertiary/aromatic N) is 1. The van der Waals surface area contributed by atoms with Gasteiger partial charge in [-0.1, -0.05) is 60.7 Å². The minimum atomic E-state index is -0.0564. The van der Waals surface area contributed by atoms with Crippen molar-refractivity contribution in [3.8, 4) is 23.0 Å². The van der Waals surface area contributed by atoms with Crippen LogP contribution in [0.1, 0.15) is 64.2 Å². The van der Waals surface area contributed by atoms with E-state index >= 15 is 0 Å². The molecule has 3 atom stereocenters. The molecule has 6 rings (SSSR count). The third kappa shape index (κ3) is 6.36. The van der Waals surface area contributed by atoms with Gasteiger partial charge >= 0.3 is 0 Å². The standard InChI is InChI=1S/C38H42N2O5/c1-42-34-17-16-25(20-35(34)43-2)19-33-31-23-37(45-4)36(44-3)21-27(31)13-10-18-40(33)24-38(41)39-32-22-30(26-11-6-5-7-12-26)28-14-8-9-15-29(28)32/h5-9,11-12,14-17,20-21,23,30,32-33H,10,13,18-19,22,24H2,1-4H3,(H,39,41). The van der Waals surface area contributed by atoms with E-state index in [1.165, 1.54) is 22.3 Å². The van der Waals surface area contributed by atoms with E-state index in [1.807, 2.05) is 18.2 Å². The molecule has 0 fully saturated rings. The Balaban J connectivity index is 1.29. The third-order valence-electron chi connectivity index (χ3n) is 9.32. The molecular weight excluding hydrogens is 564 g/mol. The molecule has 0 radical (unpaired) electrons. The number of nitrogens with one attached hydrogen (secondary N) is 1. The largest absolute Gasteiger partial charge is 0.493 e. The number of benzene rings is 4. The van der Waals surface area contributed by atoms with Gasteiger partial charge < -0.3 is 24.3 Å². The van der Waals surface area contributed by atoms with E-state index in [9.17, 15) is 4.79 Å². The van der Waals surface area contributed by atoms with E-state index in [-0.39, 0.29) is 23.9 Å². The van der Waals surface area contributed by atoms with E-state index in [0.717, 1.165) is 42.7 Å². The highest BCUT2D eigenvalue weighted by atomic mass is 16.5. The summed E-state index contributed by atoms with van der Waals surface area (Å²) in [6.45, 7) is 1.08. The average Bonchev–Trinajstić information content (AvgIpc) is 3.36. The normalized spacial score (nSPS) is 19.2. The summed E-state index contributed by atoms with van der Waals surface area (Å²) < 4.78 is 22.5. The molecule has 1 amide bonds. The molecule has 1 N–H and O–H groups in total. The van der Waals surface area contributed by atoms with Gasteiger partial charge in [0.1, 0.15) is 0 Å². The lowest BCUT2D eigenvalue weighted by Crippen LogP contribution is -2.41. The maximum atomic E-state index is 13.9. The lowest BCUT2D eigenvalue weighted by Gasteiger charge is -2.32. The number of hydrogen-bond acceptors (Lipinski definition) is 6. The first-order chi connectivity index (χ1) is 22.0. The zero-order chi connectivity index (χ0) is 31.3. The quantitative estimate of drug-likeness (QED) is 0.218. The van der Waals surface area contributed by atoms with Crippen LogP contribution in [0.3, 0.4) is 0 Å². The number of ether oxygens (including phenoxy) is 4. The van der Waals surface area contributed by atoms with E-state index in [1.54, 1.807) is 28.4 Å². The minimum absolute atomic E-state index is 0.0322. The van der Waals surface area contributed by atoms with E-state index in [0.29, 0.717) is 30.2 Å². The lowest BCUT2D eigenvalue weighted by atomic mass is 9.92. The molecule has 0 bridgehead atoms. The molecular formula is C38H42N2O5. The third-order valence-corrected chi connectivity index (χ3v) is 9.32. The lowest BCUT2D eigenvalue weighted by molar-refractivity contribution is -0.123. The van der Waals surface area contributed by atoms with Crippen LogP contribution in [0.4, 0.5) is 0 Å². The number of carbonyl (C=O) groups is 1. The van der Waals surface area contributed by atoms with Gasteiger partial charge in [-0.05, 0) is 89.9 Å². The van der Waals surface area contributed by atoms with Gasteiger partial charge in [-0.3, -0.25) is 9.69 Å². The molecule has 7 heteroatoms. The molecule has 0 spiro atoms. The predicted molar refractivity (Wildman–Crippen MR) is 176 cm³/mol. The minimum Gasteiger partial charge on any atom is -0.493 e. The van der Waals surface area contributed by atoms with Crippen molar-refractivity contribution in [1.29, 1.82) is 0 Å². The van der Waals surface area contributed by atoms with E-state index in [4.69, 9.17) is 18.9 Å². The second kappa shape index (κ2) is 13.7. The molecule has 234 valence electrons. The second-order valence-corrected chi connectivity index (χ2v) is 11.8. The summed E-state index contributed by atoms with van der Waals surface area (Å²) in [5.41, 5.74) is 7.26. The summed E-state index contributed by atoms with van der Waals surface area (Å²) >= 11 is 0. The highest BCUT2D eigenvalue weighted by Crippen LogP contribution is 2.44. The Morgan fingerprint density at radius 3 is 2.16 bits per heavy atom. The van der Waals surface area contributed by atoms with Gasteiger partial charge in [-0.15, -0.1) is 0 Å². The van der Waals surface area contributed by atoms with Crippen LogP contribution in [-0.4, -0.2) is 52.3 Å². The monoisotopic (exact) mass is 606 g/mol. The van der Waals surface area contributed by atoms with E-state index < -0.39 is 0 Å². The second-order valence-electron chi connectivity index (χ2n) is 11.8. The predicted octanol–water partition coefficient (Wildman–Crippen LogP) is 6.65. The Bertz CT molecular complexity index is 1640. The van der Waals surface area contributed by atoms with Crippen LogP contribution in [0.25, 0.3) is 0 Å². The first-order valence-electron chi connectivity index (χ1n) is 15.7. The number of hydrogen-bond donors (Lipinski definition) is 1. The number of aryl methyl sites for hydroxylation is 1. The molecule has 45 heavy (non-hydrogen) atoms. The van der Waals surface area contributed by atoms with Crippen molar-refractivity contribution in [3.05, 3.63) is 118 Å². The van der Waals surface area contributed by atoms with Crippen molar-refractivity contribution in [2.75, 3.05) is 41.5 Å². The number of amides is 1. The summed E-state index contributed by atoms with van der Waals surface area (Å²) in [6, 6.07) is 29.2. The van der Waals surface area contributed by atoms with Crippen LogP contribution in [0.5, 0.6) is 23.0 Å². The summed E-state index contributed by atoms with van der Waals surface area (Å²) in [4.78, 5) is 16.2. The van der Waals surface area contributed by atoms with Gasteiger partial charge in [0.15, 0.2) is 23.0 Å². The van der Waals surface area contributed by atoms with Gasteiger partial charge in [0.25, 0.3) is 0 Å². The SMILES string of the molecule is COc1ccc(CC2c3cc(OC)c(OC)cc3CCCN2CC(=O)NC2CC(c3ccccc3)c3ccccc32)cc1OC. The molecule has 1 heterocycles. The molecule has 0 saturated carbocycles. The Labute approximate surface area is 266 Å². The number of rotatable bonds is 10. The summed E-state index contributed by atoms with van der Waals surface area (Å²) in [5.74, 6) is 3.08. The van der Waals surface area contributed by atoms with Gasteiger partial charge in [-0.2, -0.15) is 0 Å². The van der Waals surface area contributed by atoms with Crippen LogP contribution in [0.15, 0.2) is 84.9 Å². The van der Waals surface area contributed by atoms with Crippen molar-refractivity contribution in [3.63, 3.8) is 0 Å². The molecule has 1 aliphatic heterocycles. The fourth-order valence-corrected chi connectivity index (χ4v) is 7.15. The van der Waals surface area contributed by atoms with Crippen molar-refractivity contribution >= 4 is 5.91 Å². The number of methoxy groups -OCH3 is 4. The summed E-state index contributed by atoms with van der Waals surface area (Å²) in [6.07, 6.45) is 3.37. The molecule has 4 aromatic rings. The molecule has 4 aromatic carbocycles. The van der Waals surface area contributed by atoms with Crippen molar-refractivity contribution in [2.24, 2.45) is 0 Å². The van der Waals surface area contributed by atoms with Gasteiger partial charge in [-0.25, -0.2) is 0 Å². The molecule has 3 unspecified atom stereocenters. The molecule has 0 saturated heterocycles.